The number of nitrogens with one attached hydrogen (secondary N) is 2. The Hall–Kier alpha value is -4.12. The van der Waals surface area contributed by atoms with Gasteiger partial charge in [-0.15, -0.1) is 0 Å². The second-order valence-electron chi connectivity index (χ2n) is 9.28. The van der Waals surface area contributed by atoms with E-state index in [0.29, 0.717) is 17.2 Å². The standard InChI is InChI=1S/C24H25N11/c25-15-12-35(13-15)19-11-26-10-18(29-19)14-8-16-20(32-33-22(16)28-9-14)23-30-17-4-5-27-24(21(17)31-23)34-6-2-1-3-7-34/h4-5,8-11,15H,1-3,6-7,12-13,25H2,(H,30,31)(H,28,32,33). The molecule has 0 saturated carbocycles. The minimum Gasteiger partial charge on any atom is -0.355 e. The van der Waals surface area contributed by atoms with Crippen LogP contribution in [-0.2, 0) is 0 Å². The van der Waals surface area contributed by atoms with Gasteiger partial charge < -0.3 is 20.5 Å². The van der Waals surface area contributed by atoms with Gasteiger partial charge in [-0.25, -0.2) is 19.9 Å². The molecule has 0 amide bonds. The van der Waals surface area contributed by atoms with E-state index in [1.165, 1.54) is 19.3 Å². The van der Waals surface area contributed by atoms with E-state index in [0.717, 1.165) is 65.5 Å². The topological polar surface area (TPSA) is 141 Å². The molecule has 5 aromatic heterocycles. The van der Waals surface area contributed by atoms with Gasteiger partial charge in [0.05, 0.1) is 29.0 Å². The lowest BCUT2D eigenvalue weighted by molar-refractivity contribution is 0.514. The SMILES string of the molecule is NC1CN(c2cncc(-c3cnc4[nH]nc(-c5nc6c(N7CCCCC7)nccc6[nH]5)c4c3)n2)C1. The third kappa shape index (κ3) is 3.46. The molecule has 4 N–H and O–H groups in total. The molecule has 176 valence electrons. The molecular weight excluding hydrogens is 442 g/mol. The van der Waals surface area contributed by atoms with Crippen LogP contribution in [0.2, 0.25) is 0 Å². The molecule has 11 nitrogen and oxygen atoms in total. The van der Waals surface area contributed by atoms with E-state index in [2.05, 4.69) is 39.9 Å². The number of nitrogens with two attached hydrogens (primary N) is 1. The van der Waals surface area contributed by atoms with Crippen LogP contribution in [-0.4, -0.2) is 72.3 Å². The number of nitrogens with zero attached hydrogens (tertiary/aromatic N) is 8. The number of hydrogen-bond donors (Lipinski definition) is 3. The van der Waals surface area contributed by atoms with E-state index >= 15 is 0 Å². The van der Waals surface area contributed by atoms with Crippen LogP contribution in [0.15, 0.2) is 36.9 Å². The zero-order valence-corrected chi connectivity index (χ0v) is 19.1. The average molecular weight is 468 g/mol. The molecular formula is C24H25N11. The lowest BCUT2D eigenvalue weighted by Gasteiger charge is -2.37. The summed E-state index contributed by atoms with van der Waals surface area (Å²) < 4.78 is 0. The first-order chi connectivity index (χ1) is 17.2. The number of pyridine rings is 2. The summed E-state index contributed by atoms with van der Waals surface area (Å²) in [6.07, 6.45) is 10.8. The van der Waals surface area contributed by atoms with Crippen molar-refractivity contribution in [3.63, 3.8) is 0 Å². The van der Waals surface area contributed by atoms with Crippen LogP contribution in [0.3, 0.4) is 0 Å². The second kappa shape index (κ2) is 7.98. The number of piperidine rings is 1. The first-order valence-corrected chi connectivity index (χ1v) is 12.0. The van der Waals surface area contributed by atoms with Crippen molar-refractivity contribution in [1.82, 2.24) is 40.1 Å². The number of aromatic amines is 2. The lowest BCUT2D eigenvalue weighted by Crippen LogP contribution is -2.56. The Morgan fingerprint density at radius 3 is 2.71 bits per heavy atom. The van der Waals surface area contributed by atoms with Gasteiger partial charge in [-0.3, -0.25) is 10.1 Å². The molecule has 35 heavy (non-hydrogen) atoms. The van der Waals surface area contributed by atoms with Gasteiger partial charge in [0, 0.05) is 50.2 Å². The van der Waals surface area contributed by atoms with Crippen molar-refractivity contribution in [1.29, 1.82) is 0 Å². The number of fused-ring (bicyclic) bond motifs is 2. The number of rotatable bonds is 4. The van der Waals surface area contributed by atoms with Crippen LogP contribution in [0.1, 0.15) is 19.3 Å². The highest BCUT2D eigenvalue weighted by atomic mass is 15.3. The number of anilines is 2. The quantitative estimate of drug-likeness (QED) is 0.363. The van der Waals surface area contributed by atoms with Gasteiger partial charge in [0.1, 0.15) is 17.0 Å². The van der Waals surface area contributed by atoms with Crippen molar-refractivity contribution in [3.8, 4) is 22.8 Å². The van der Waals surface area contributed by atoms with E-state index < -0.39 is 0 Å². The van der Waals surface area contributed by atoms with Gasteiger partial charge in [0.15, 0.2) is 17.3 Å². The molecule has 2 saturated heterocycles. The number of aromatic nitrogens is 8. The first-order valence-electron chi connectivity index (χ1n) is 12.0. The summed E-state index contributed by atoms with van der Waals surface area (Å²) in [4.78, 5) is 31.2. The largest absolute Gasteiger partial charge is 0.355 e. The third-order valence-corrected chi connectivity index (χ3v) is 6.83. The highest BCUT2D eigenvalue weighted by molar-refractivity contribution is 5.95. The summed E-state index contributed by atoms with van der Waals surface area (Å²) in [6, 6.07) is 4.19. The predicted molar refractivity (Wildman–Crippen MR) is 134 cm³/mol. The van der Waals surface area contributed by atoms with Crippen LogP contribution in [0, 0.1) is 0 Å². The van der Waals surface area contributed by atoms with Gasteiger partial charge in [-0.05, 0) is 31.4 Å². The van der Waals surface area contributed by atoms with Gasteiger partial charge in [-0.1, -0.05) is 0 Å². The summed E-state index contributed by atoms with van der Waals surface area (Å²) in [5.41, 5.74) is 10.8. The molecule has 0 aromatic carbocycles. The van der Waals surface area contributed by atoms with Crippen LogP contribution in [0.5, 0.6) is 0 Å². The molecule has 0 bridgehead atoms. The number of imidazole rings is 1. The molecule has 0 spiro atoms. The maximum absolute atomic E-state index is 5.93. The van der Waals surface area contributed by atoms with Crippen molar-refractivity contribution in [2.24, 2.45) is 5.73 Å². The Bertz CT molecular complexity index is 1530. The lowest BCUT2D eigenvalue weighted by atomic mass is 10.1. The van der Waals surface area contributed by atoms with Crippen molar-refractivity contribution in [2.75, 3.05) is 36.0 Å². The molecule has 7 heterocycles. The number of H-pyrrole nitrogens is 2. The minimum atomic E-state index is 0.196. The van der Waals surface area contributed by atoms with Crippen molar-refractivity contribution < 1.29 is 0 Å². The van der Waals surface area contributed by atoms with Crippen molar-refractivity contribution in [3.05, 3.63) is 36.9 Å². The average Bonchev–Trinajstić information content (AvgIpc) is 3.51. The monoisotopic (exact) mass is 467 g/mol. The Morgan fingerprint density at radius 2 is 1.86 bits per heavy atom. The highest BCUT2D eigenvalue weighted by Gasteiger charge is 2.25. The zero-order valence-electron chi connectivity index (χ0n) is 19.1. The fraction of sp³-hybridized carbons (Fsp3) is 0.333. The van der Waals surface area contributed by atoms with E-state index in [4.69, 9.17) is 15.7 Å². The molecule has 2 aliphatic rings. The van der Waals surface area contributed by atoms with Gasteiger partial charge in [0.25, 0.3) is 0 Å². The maximum Gasteiger partial charge on any atom is 0.159 e. The Labute approximate surface area is 200 Å². The number of hydrogen-bond acceptors (Lipinski definition) is 9. The molecule has 2 fully saturated rings. The van der Waals surface area contributed by atoms with Crippen molar-refractivity contribution >= 4 is 33.7 Å². The fourth-order valence-electron chi connectivity index (χ4n) is 4.94. The Morgan fingerprint density at radius 1 is 0.971 bits per heavy atom. The van der Waals surface area contributed by atoms with Crippen molar-refractivity contribution in [2.45, 2.75) is 25.3 Å². The summed E-state index contributed by atoms with van der Waals surface area (Å²) in [5.74, 6) is 2.44. The van der Waals surface area contributed by atoms with Gasteiger partial charge >= 0.3 is 0 Å². The first kappa shape index (κ1) is 20.3. The van der Waals surface area contributed by atoms with Crippen LogP contribution in [0.4, 0.5) is 11.6 Å². The molecule has 5 aromatic rings. The summed E-state index contributed by atoms with van der Waals surface area (Å²) in [6.45, 7) is 3.61. The molecule has 0 unspecified atom stereocenters. The normalized spacial score (nSPS) is 16.8. The molecule has 7 rings (SSSR count). The van der Waals surface area contributed by atoms with Gasteiger partial charge in [-0.2, -0.15) is 5.10 Å². The van der Waals surface area contributed by atoms with Gasteiger partial charge in [0.2, 0.25) is 0 Å². The molecule has 2 aliphatic heterocycles. The molecule has 0 atom stereocenters. The highest BCUT2D eigenvalue weighted by Crippen LogP contribution is 2.31. The van der Waals surface area contributed by atoms with E-state index in [9.17, 15) is 0 Å². The molecule has 11 heteroatoms. The third-order valence-electron chi connectivity index (χ3n) is 6.83. The predicted octanol–water partition coefficient (Wildman–Crippen LogP) is 2.49. The van der Waals surface area contributed by atoms with Crippen LogP contribution >= 0.6 is 0 Å². The van der Waals surface area contributed by atoms with E-state index in [-0.39, 0.29) is 6.04 Å². The van der Waals surface area contributed by atoms with E-state index in [1.807, 2.05) is 18.3 Å². The smallest absolute Gasteiger partial charge is 0.159 e. The molecule has 0 radical (unpaired) electrons. The maximum atomic E-state index is 5.93. The van der Waals surface area contributed by atoms with Crippen LogP contribution < -0.4 is 15.5 Å². The summed E-state index contributed by atoms with van der Waals surface area (Å²) in [7, 11) is 0. The second-order valence-corrected chi connectivity index (χ2v) is 9.28. The fourth-order valence-corrected chi connectivity index (χ4v) is 4.94. The van der Waals surface area contributed by atoms with E-state index in [1.54, 1.807) is 18.6 Å². The Kier molecular flexibility index (Phi) is 4.62. The zero-order chi connectivity index (χ0) is 23.4. The Balaban J connectivity index is 1.28. The van der Waals surface area contributed by atoms with Crippen LogP contribution in [0.25, 0.3) is 44.8 Å². The summed E-state index contributed by atoms with van der Waals surface area (Å²) >= 11 is 0. The molecule has 0 aliphatic carbocycles. The minimum absolute atomic E-state index is 0.196. The summed E-state index contributed by atoms with van der Waals surface area (Å²) in [5, 5.41) is 8.44.